The van der Waals surface area contributed by atoms with Gasteiger partial charge in [0.1, 0.15) is 5.82 Å². The molecule has 600 valence electrons. The van der Waals surface area contributed by atoms with Crippen molar-refractivity contribution in [3.63, 3.8) is 0 Å². The van der Waals surface area contributed by atoms with Gasteiger partial charge in [-0.3, -0.25) is 0 Å². The molecule has 1 aromatic heterocycles. The molecule has 0 unspecified atom stereocenters. The maximum atomic E-state index is 20.5. The number of aromatic nitrogens is 1. The van der Waals surface area contributed by atoms with Crippen LogP contribution in [0.25, 0.3) is 83.1 Å². The highest BCUT2D eigenvalue weighted by Crippen LogP contribution is 2.57. The van der Waals surface area contributed by atoms with E-state index in [9.17, 15) is 30.2 Å². The topological polar surface area (TPSA) is 11.4 Å². The van der Waals surface area contributed by atoms with Gasteiger partial charge in [0, 0.05) is 61.5 Å². The number of nitrogens with zero attached hydrogens (tertiary/aromatic N) is 3. The highest BCUT2D eigenvalue weighted by molar-refractivity contribution is 7.00. The summed E-state index contributed by atoms with van der Waals surface area (Å²) in [6.07, 6.45) is 0. The summed E-state index contributed by atoms with van der Waals surface area (Å²) in [5.41, 5.74) is -9.04. The molecule has 0 N–H and O–H groups in total. The molecule has 3 heterocycles. The number of benzene rings is 12. The van der Waals surface area contributed by atoms with Crippen LogP contribution in [-0.4, -0.2) is 11.3 Å². The molecule has 0 aliphatic carbocycles. The number of anilines is 6. The van der Waals surface area contributed by atoms with E-state index < -0.39 is 193 Å². The Hall–Kier alpha value is -9.97. The van der Waals surface area contributed by atoms with Gasteiger partial charge in [-0.2, -0.15) is 0 Å². The summed E-state index contributed by atoms with van der Waals surface area (Å²) >= 11 is 0. The minimum absolute atomic E-state index is 0.0105. The Morgan fingerprint density at radius 1 is 0.274 bits per heavy atom. The Labute approximate surface area is 734 Å². The molecule has 3 nitrogen and oxygen atoms in total. The lowest BCUT2D eigenvalue weighted by atomic mass is 9.33. The molecule has 12 aromatic carbocycles. The predicted molar refractivity (Wildman–Crippen MR) is 509 cm³/mol. The zero-order valence-electron chi connectivity index (χ0n) is 97.4. The third-order valence-corrected chi connectivity index (χ3v) is 22.8. The second kappa shape index (κ2) is 28.1. The van der Waals surface area contributed by atoms with Gasteiger partial charge in [0.15, 0.2) is 0 Å². The van der Waals surface area contributed by atoms with Gasteiger partial charge >= 0.3 is 0 Å². The van der Waals surface area contributed by atoms with Crippen LogP contribution in [0.2, 0.25) is 0 Å². The fraction of sp³-hybridized carbons (Fsp3) is 0.357. The summed E-state index contributed by atoms with van der Waals surface area (Å²) < 4.78 is 265. The summed E-state index contributed by atoms with van der Waals surface area (Å²) in [4.78, 5) is 3.11. The van der Waals surface area contributed by atoms with Crippen molar-refractivity contribution in [2.45, 2.75) is 262 Å². The van der Waals surface area contributed by atoms with E-state index in [1.165, 1.54) is 23.1 Å². The SMILES string of the molecule is [2H]c1c([2H])c([2H])c(-c2ccc3c(c2)N(c2c(-c4c([2H])c([2H])c(C(C)(C)C)c([2H])c4[2H])c([2H])c(C(C)(C)C)c([2H])c2-c2c([2H])c([2H])c(C(C)(C)C)c([2H])c2C(C)(C)C)c2cc(F)cc4c2B3c2ccc(-n3c5ccc(C(C)(C)C)cc5c5cc(C(C)(C)C)ccc53)cc2N4c2c(-c3c([2H])c([2H])c(C(C)(C)C)c([2H])c3[2H])c([2H])c(C(C)(C)C)c([2H])c2-c2c([2H])c(C(C)(C)C)c([2H])c(C(C)(C)C)c2[2H])c([2H])c1[2H]. The van der Waals surface area contributed by atoms with Crippen LogP contribution in [0, 0.1) is 5.82 Å². The molecule has 0 fully saturated rings. The molecular weight excluding hydrogens is 1420 g/mol. The maximum Gasteiger partial charge on any atom is 0.252 e. The predicted octanol–water partition coefficient (Wildman–Crippen LogP) is 30.3. The monoisotopic (exact) mass is 1570 g/mol. The van der Waals surface area contributed by atoms with Gasteiger partial charge in [-0.15, -0.1) is 0 Å². The molecule has 0 saturated heterocycles. The van der Waals surface area contributed by atoms with Crippen LogP contribution in [0.4, 0.5) is 38.5 Å². The zero-order valence-corrected chi connectivity index (χ0v) is 74.4. The molecule has 2 aliphatic heterocycles. The Kier molecular flexibility index (Phi) is 13.9. The molecular formula is C112H127BFN3. The molecule has 0 spiro atoms. The van der Waals surface area contributed by atoms with Crippen molar-refractivity contribution in [1.29, 1.82) is 0 Å². The summed E-state index contributed by atoms with van der Waals surface area (Å²) in [6, 6.07) is 13.6. The summed E-state index contributed by atoms with van der Waals surface area (Å²) in [5.74, 6) is -1.08. The second-order valence-electron chi connectivity index (χ2n) is 42.7. The number of rotatable bonds is 8. The van der Waals surface area contributed by atoms with Crippen molar-refractivity contribution >= 4 is 79.0 Å². The van der Waals surface area contributed by atoms with Crippen LogP contribution in [0.1, 0.15) is 295 Å². The molecule has 0 atom stereocenters. The quantitative estimate of drug-likeness (QED) is 0.141. The largest absolute Gasteiger partial charge is 0.310 e. The standard InChI is InChI=1S/C112H127BFN3/c1-103(2,3)73-41-36-69(37-42-73)85-60-80(110(22,23)24)62-87(72-54-78(108(16,17)18)57-79(55-72)109(19,20)21)101(85)117-97-67-83(115-94-52-46-75(105(7,8)9)58-88(94)89-59-76(106(10,11)12)47-53-95(89)115)48-51-93(97)113-92-50-40-71(68-34-32-31-33-35-68)56-96(92)116(98-65-82(114)66-99(117)100(98)113)102-86(70-38-43-74(44-39-70)104(4,5)6)61-81(111(25,26)27)63-90(102)84-49-45-77(107(13,14)15)64-91(84)112(28,29)30/h31-67H,1-30H3/i31D,32D,33D,34D,35D,36D,37D,38D,39D,41D,42D,43D,44D,45D,49D,54D,55D,57D,60D,61D,62D,63D,64D. The first-order chi connectivity index (χ1) is 63.9. The van der Waals surface area contributed by atoms with E-state index in [1.54, 1.807) is 100 Å². The first-order valence-electron chi connectivity index (χ1n) is 52.7. The fourth-order valence-electron chi connectivity index (χ4n) is 15.8. The smallest absolute Gasteiger partial charge is 0.252 e. The molecule has 0 bridgehead atoms. The van der Waals surface area contributed by atoms with Gasteiger partial charge in [-0.25, -0.2) is 4.39 Å². The second-order valence-corrected chi connectivity index (χ2v) is 42.7. The number of fused-ring (bicyclic) bond motifs is 7. The van der Waals surface area contributed by atoms with E-state index in [1.807, 2.05) is 101 Å². The molecule has 15 rings (SSSR count). The van der Waals surface area contributed by atoms with Crippen LogP contribution >= 0.6 is 0 Å². The van der Waals surface area contributed by atoms with Gasteiger partial charge in [-0.05, 0) is 238 Å². The van der Waals surface area contributed by atoms with Crippen LogP contribution in [0.3, 0.4) is 0 Å². The van der Waals surface area contributed by atoms with E-state index in [4.69, 9.17) is 1.37 Å². The maximum absolute atomic E-state index is 20.5. The van der Waals surface area contributed by atoms with Gasteiger partial charge in [0.25, 0.3) is 6.71 Å². The number of halogens is 1. The van der Waals surface area contributed by atoms with E-state index in [2.05, 4.69) is 82.5 Å². The Morgan fingerprint density at radius 2 is 0.658 bits per heavy atom. The molecule has 0 saturated carbocycles. The van der Waals surface area contributed by atoms with Gasteiger partial charge in [0.05, 0.1) is 53.9 Å². The summed E-state index contributed by atoms with van der Waals surface area (Å²) in [7, 11) is 0. The summed E-state index contributed by atoms with van der Waals surface area (Å²) in [6.45, 7) is 54.5. The average molecular weight is 1570 g/mol. The Balaban J connectivity index is 1.31. The first kappa shape index (κ1) is 58.0. The highest BCUT2D eigenvalue weighted by atomic mass is 19.1. The Bertz CT molecular complexity index is 7380. The van der Waals surface area contributed by atoms with Crippen molar-refractivity contribution in [3.05, 3.63) is 285 Å². The number of hydrogen-bond acceptors (Lipinski definition) is 2. The van der Waals surface area contributed by atoms with Crippen LogP contribution in [0.5, 0.6) is 0 Å². The minimum Gasteiger partial charge on any atom is -0.310 e. The lowest BCUT2D eigenvalue weighted by Gasteiger charge is -2.46. The molecule has 0 amide bonds. The lowest BCUT2D eigenvalue weighted by Crippen LogP contribution is -2.61. The molecule has 13 aromatic rings. The Morgan fingerprint density at radius 3 is 1.09 bits per heavy atom. The van der Waals surface area contributed by atoms with E-state index in [0.717, 1.165) is 32.9 Å². The highest BCUT2D eigenvalue weighted by Gasteiger charge is 2.47. The van der Waals surface area contributed by atoms with E-state index in [0.29, 0.717) is 11.2 Å². The van der Waals surface area contributed by atoms with E-state index >= 15 is 4.39 Å². The first-order valence-corrected chi connectivity index (χ1v) is 41.2. The molecule has 0 radical (unpaired) electrons. The van der Waals surface area contributed by atoms with Crippen molar-refractivity contribution in [2.24, 2.45) is 0 Å². The third kappa shape index (κ3) is 15.2. The minimum atomic E-state index is -1.33. The van der Waals surface area contributed by atoms with Crippen LogP contribution in [-0.2, 0) is 54.1 Å². The van der Waals surface area contributed by atoms with Crippen molar-refractivity contribution in [1.82, 2.24) is 4.57 Å². The van der Waals surface area contributed by atoms with E-state index in [-0.39, 0.29) is 158 Å². The fourth-order valence-corrected chi connectivity index (χ4v) is 15.8. The third-order valence-electron chi connectivity index (χ3n) is 22.8. The van der Waals surface area contributed by atoms with Crippen molar-refractivity contribution in [3.8, 4) is 61.3 Å². The average Bonchev–Trinajstić information content (AvgIpc) is 0.746. The van der Waals surface area contributed by atoms with Gasteiger partial charge in [0.2, 0.25) is 0 Å². The van der Waals surface area contributed by atoms with Crippen LogP contribution in [0.15, 0.2) is 224 Å². The van der Waals surface area contributed by atoms with Crippen molar-refractivity contribution < 1.29 is 35.9 Å². The number of hydrogen-bond donors (Lipinski definition) is 0. The molecule has 117 heavy (non-hydrogen) atoms. The van der Waals surface area contributed by atoms with Crippen LogP contribution < -0.4 is 26.2 Å². The van der Waals surface area contributed by atoms with Crippen molar-refractivity contribution in [2.75, 3.05) is 9.80 Å². The zero-order chi connectivity index (χ0) is 105. The molecule has 2 aliphatic rings. The summed E-state index contributed by atoms with van der Waals surface area (Å²) in [5, 5.41) is 1.76. The molecule has 5 heteroatoms. The van der Waals surface area contributed by atoms with Gasteiger partial charge in [-0.1, -0.05) is 353 Å². The normalized spacial score (nSPS) is 16.6. The lowest BCUT2D eigenvalue weighted by molar-refractivity contribution is 0.568. The van der Waals surface area contributed by atoms with Gasteiger partial charge < -0.3 is 14.4 Å².